The van der Waals surface area contributed by atoms with Gasteiger partial charge in [-0.25, -0.2) is 4.98 Å². The molecule has 0 spiro atoms. The zero-order valence-electron chi connectivity index (χ0n) is 10.6. The molecule has 2 atom stereocenters. The Bertz CT molecular complexity index is 454. The molecule has 0 saturated carbocycles. The maximum absolute atomic E-state index is 11.7. The van der Waals surface area contributed by atoms with Gasteiger partial charge in [0.15, 0.2) is 0 Å². The minimum Gasteiger partial charge on any atom is -0.462 e. The lowest BCUT2D eigenvalue weighted by atomic mass is 9.98. The average molecular weight is 269 g/mol. The van der Waals surface area contributed by atoms with Gasteiger partial charge in [0, 0.05) is 6.42 Å². The summed E-state index contributed by atoms with van der Waals surface area (Å²) in [5.74, 6) is 0.556. The molecule has 1 fully saturated rings. The summed E-state index contributed by atoms with van der Waals surface area (Å²) < 4.78 is 5.81. The van der Waals surface area contributed by atoms with Crippen molar-refractivity contribution >= 4 is 18.2 Å². The van der Waals surface area contributed by atoms with Crippen LogP contribution in [0.4, 0.5) is 0 Å². The predicted molar refractivity (Wildman–Crippen MR) is 69.6 cm³/mol. The SMILES string of the molecule is CCCCC[C@H]1C[C@H](Cc2nc(=S)[nH][nH]2)C(=O)O1. The van der Waals surface area contributed by atoms with Gasteiger partial charge in [0.05, 0.1) is 5.92 Å². The molecule has 6 heteroatoms. The van der Waals surface area contributed by atoms with Gasteiger partial charge < -0.3 is 4.74 Å². The Labute approximate surface area is 111 Å². The molecule has 2 N–H and O–H groups in total. The molecule has 18 heavy (non-hydrogen) atoms. The van der Waals surface area contributed by atoms with Gasteiger partial charge in [0.2, 0.25) is 4.77 Å². The fourth-order valence-corrected chi connectivity index (χ4v) is 2.48. The monoisotopic (exact) mass is 269 g/mol. The number of nitrogens with zero attached hydrogens (tertiary/aromatic N) is 1. The molecule has 100 valence electrons. The van der Waals surface area contributed by atoms with Gasteiger partial charge in [-0.3, -0.25) is 15.0 Å². The van der Waals surface area contributed by atoms with Crippen molar-refractivity contribution in [1.29, 1.82) is 0 Å². The highest BCUT2D eigenvalue weighted by atomic mass is 32.1. The molecule has 0 radical (unpaired) electrons. The summed E-state index contributed by atoms with van der Waals surface area (Å²) in [5.41, 5.74) is 0. The number of aromatic amines is 2. The molecule has 1 saturated heterocycles. The highest BCUT2D eigenvalue weighted by molar-refractivity contribution is 7.71. The summed E-state index contributed by atoms with van der Waals surface area (Å²) in [5, 5.41) is 5.61. The first-order valence-corrected chi connectivity index (χ1v) is 6.94. The minimum atomic E-state index is -0.0983. The highest BCUT2D eigenvalue weighted by Crippen LogP contribution is 2.27. The number of hydrogen-bond donors (Lipinski definition) is 2. The lowest BCUT2D eigenvalue weighted by Crippen LogP contribution is -2.11. The first-order valence-electron chi connectivity index (χ1n) is 6.53. The Hall–Kier alpha value is -1.17. The molecular weight excluding hydrogens is 250 g/mol. The number of cyclic esters (lactones) is 1. The van der Waals surface area contributed by atoms with Gasteiger partial charge in [-0.2, -0.15) is 0 Å². The third-order valence-electron chi connectivity index (χ3n) is 3.28. The molecule has 0 unspecified atom stereocenters. The summed E-state index contributed by atoms with van der Waals surface area (Å²) in [7, 11) is 0. The van der Waals surface area contributed by atoms with Gasteiger partial charge in [-0.15, -0.1) is 0 Å². The van der Waals surface area contributed by atoms with E-state index in [1.54, 1.807) is 0 Å². The van der Waals surface area contributed by atoms with E-state index < -0.39 is 0 Å². The van der Waals surface area contributed by atoms with E-state index in [1.807, 2.05) is 0 Å². The van der Waals surface area contributed by atoms with Crippen molar-refractivity contribution in [2.45, 2.75) is 51.6 Å². The lowest BCUT2D eigenvalue weighted by molar-refractivity contribution is -0.144. The third-order valence-corrected chi connectivity index (χ3v) is 3.48. The second-order valence-electron chi connectivity index (χ2n) is 4.81. The van der Waals surface area contributed by atoms with Crippen molar-refractivity contribution in [3.8, 4) is 0 Å². The number of esters is 1. The van der Waals surface area contributed by atoms with Crippen LogP contribution in [0.1, 0.15) is 44.9 Å². The number of unbranched alkanes of at least 4 members (excludes halogenated alkanes) is 2. The summed E-state index contributed by atoms with van der Waals surface area (Å²) in [6, 6.07) is 0. The van der Waals surface area contributed by atoms with E-state index in [4.69, 9.17) is 17.0 Å². The summed E-state index contributed by atoms with van der Waals surface area (Å²) in [6.07, 6.45) is 5.97. The maximum atomic E-state index is 11.7. The van der Waals surface area contributed by atoms with Gasteiger partial charge >= 0.3 is 5.97 Å². The van der Waals surface area contributed by atoms with Crippen LogP contribution in [0.15, 0.2) is 0 Å². The van der Waals surface area contributed by atoms with Crippen LogP contribution in [0.25, 0.3) is 0 Å². The molecule has 1 aromatic heterocycles. The topological polar surface area (TPSA) is 70.8 Å². The summed E-state index contributed by atoms with van der Waals surface area (Å²) in [6.45, 7) is 2.17. The molecule has 0 bridgehead atoms. The minimum absolute atomic E-state index is 0.0782. The van der Waals surface area contributed by atoms with Crippen molar-refractivity contribution in [3.05, 3.63) is 10.6 Å². The van der Waals surface area contributed by atoms with Crippen molar-refractivity contribution in [3.63, 3.8) is 0 Å². The standard InChI is InChI=1S/C12H19N3O2S/c1-2-3-4-5-9-6-8(11(16)17-9)7-10-13-12(18)15-14-10/h8-9H,2-7H2,1H3,(H2,13,14,15,18)/t8-,9+/m1/s1. The van der Waals surface area contributed by atoms with Crippen LogP contribution in [-0.4, -0.2) is 27.3 Å². The average Bonchev–Trinajstić information content (AvgIpc) is 2.88. The van der Waals surface area contributed by atoms with Crippen LogP contribution in [0.3, 0.4) is 0 Å². The quantitative estimate of drug-likeness (QED) is 0.473. The van der Waals surface area contributed by atoms with Crippen LogP contribution >= 0.6 is 12.2 Å². The number of ether oxygens (including phenoxy) is 1. The summed E-state index contributed by atoms with van der Waals surface area (Å²) >= 11 is 4.88. The Morgan fingerprint density at radius 3 is 2.94 bits per heavy atom. The van der Waals surface area contributed by atoms with Gasteiger partial charge in [-0.1, -0.05) is 19.8 Å². The van der Waals surface area contributed by atoms with Crippen LogP contribution < -0.4 is 0 Å². The number of carbonyl (C=O) groups excluding carboxylic acids is 1. The van der Waals surface area contributed by atoms with E-state index in [-0.39, 0.29) is 18.0 Å². The zero-order chi connectivity index (χ0) is 13.0. The normalized spacial score (nSPS) is 23.3. The van der Waals surface area contributed by atoms with Crippen molar-refractivity contribution < 1.29 is 9.53 Å². The Balaban J connectivity index is 1.83. The number of H-pyrrole nitrogens is 2. The number of nitrogens with one attached hydrogen (secondary N) is 2. The lowest BCUT2D eigenvalue weighted by Gasteiger charge is -2.07. The molecule has 2 heterocycles. The molecule has 1 aliphatic rings. The van der Waals surface area contributed by atoms with E-state index in [9.17, 15) is 4.79 Å². The fraction of sp³-hybridized carbons (Fsp3) is 0.750. The molecule has 0 aromatic carbocycles. The second-order valence-corrected chi connectivity index (χ2v) is 5.19. The number of hydrogen-bond acceptors (Lipinski definition) is 4. The molecule has 5 nitrogen and oxygen atoms in total. The van der Waals surface area contributed by atoms with E-state index in [1.165, 1.54) is 12.8 Å². The largest absolute Gasteiger partial charge is 0.462 e. The second kappa shape index (κ2) is 6.13. The first-order chi connectivity index (χ1) is 8.69. The number of aromatic nitrogens is 3. The van der Waals surface area contributed by atoms with E-state index in [2.05, 4.69) is 22.1 Å². The Kier molecular flexibility index (Phi) is 4.52. The molecule has 0 amide bonds. The van der Waals surface area contributed by atoms with E-state index in [0.29, 0.717) is 11.2 Å². The van der Waals surface area contributed by atoms with Crippen LogP contribution in [-0.2, 0) is 16.0 Å². The predicted octanol–water partition coefficient (Wildman–Crippen LogP) is 2.52. The molecule has 0 aliphatic carbocycles. The highest BCUT2D eigenvalue weighted by Gasteiger charge is 2.34. The van der Waals surface area contributed by atoms with Crippen molar-refractivity contribution in [1.82, 2.24) is 15.2 Å². The van der Waals surface area contributed by atoms with E-state index >= 15 is 0 Å². The van der Waals surface area contributed by atoms with E-state index in [0.717, 1.165) is 25.1 Å². The number of rotatable bonds is 6. The molecule has 2 rings (SSSR count). The van der Waals surface area contributed by atoms with Crippen LogP contribution in [0.2, 0.25) is 0 Å². The van der Waals surface area contributed by atoms with Crippen LogP contribution in [0.5, 0.6) is 0 Å². The van der Waals surface area contributed by atoms with Gasteiger partial charge in [0.1, 0.15) is 11.9 Å². The number of carbonyl (C=O) groups is 1. The maximum Gasteiger partial charge on any atom is 0.309 e. The summed E-state index contributed by atoms with van der Waals surface area (Å²) in [4.78, 5) is 15.8. The third kappa shape index (κ3) is 3.41. The zero-order valence-corrected chi connectivity index (χ0v) is 11.4. The Morgan fingerprint density at radius 1 is 1.44 bits per heavy atom. The van der Waals surface area contributed by atoms with Crippen LogP contribution in [0, 0.1) is 10.7 Å². The first kappa shape index (κ1) is 13.3. The van der Waals surface area contributed by atoms with Crippen molar-refractivity contribution in [2.75, 3.05) is 0 Å². The smallest absolute Gasteiger partial charge is 0.309 e. The fourth-order valence-electron chi connectivity index (χ4n) is 2.32. The molecular formula is C12H19N3O2S. The Morgan fingerprint density at radius 2 is 2.28 bits per heavy atom. The van der Waals surface area contributed by atoms with Gasteiger partial charge in [-0.05, 0) is 31.5 Å². The van der Waals surface area contributed by atoms with Crippen molar-refractivity contribution in [2.24, 2.45) is 5.92 Å². The van der Waals surface area contributed by atoms with Gasteiger partial charge in [0.25, 0.3) is 0 Å². The molecule has 1 aliphatic heterocycles. The molecule has 1 aromatic rings.